The third-order valence-electron chi connectivity index (χ3n) is 1.45. The van der Waals surface area contributed by atoms with Crippen LogP contribution in [0.4, 0.5) is 0 Å². The first kappa shape index (κ1) is 9.07. The fraction of sp³-hybridized carbons (Fsp3) is 0.400. The zero-order chi connectivity index (χ0) is 9.19. The summed E-state index contributed by atoms with van der Waals surface area (Å²) in [6.45, 7) is 5.17. The second kappa shape index (κ2) is 3.15. The number of aryl methyl sites for hydroxylation is 1. The number of aliphatic hydroxyl groups is 1. The summed E-state index contributed by atoms with van der Waals surface area (Å²) in [7, 11) is 0. The van der Waals surface area contributed by atoms with Crippen LogP contribution in [0.25, 0.3) is 0 Å². The van der Waals surface area contributed by atoms with Crippen LogP contribution < -0.4 is 4.74 Å². The van der Waals surface area contributed by atoms with Crippen molar-refractivity contribution in [3.63, 3.8) is 0 Å². The second-order valence-corrected chi connectivity index (χ2v) is 3.31. The predicted molar refractivity (Wildman–Crippen MR) is 48.1 cm³/mol. The third-order valence-corrected chi connectivity index (χ3v) is 1.45. The molecule has 12 heavy (non-hydrogen) atoms. The van der Waals surface area contributed by atoms with E-state index in [2.05, 4.69) is 0 Å². The highest BCUT2D eigenvalue weighted by Gasteiger charge is 2.14. The molecule has 1 aromatic rings. The van der Waals surface area contributed by atoms with Gasteiger partial charge in [0.05, 0.1) is 0 Å². The molecule has 0 unspecified atom stereocenters. The zero-order valence-corrected chi connectivity index (χ0v) is 7.66. The highest BCUT2D eigenvalue weighted by Crippen LogP contribution is 2.20. The van der Waals surface area contributed by atoms with Crippen molar-refractivity contribution in [2.75, 3.05) is 0 Å². The minimum absolute atomic E-state index is 0.727. The smallest absolute Gasteiger partial charge is 0.202 e. The molecule has 0 amide bonds. The Morgan fingerprint density at radius 3 is 2.33 bits per heavy atom. The molecule has 0 saturated heterocycles. The van der Waals surface area contributed by atoms with Crippen LogP contribution in [-0.2, 0) is 0 Å². The molecule has 1 N–H and O–H groups in total. The van der Waals surface area contributed by atoms with Crippen LogP contribution in [-0.4, -0.2) is 10.9 Å². The van der Waals surface area contributed by atoms with E-state index >= 15 is 0 Å². The van der Waals surface area contributed by atoms with Crippen LogP contribution in [0, 0.1) is 6.92 Å². The van der Waals surface area contributed by atoms with Crippen LogP contribution >= 0.6 is 0 Å². The molecule has 2 heteroatoms. The summed E-state index contributed by atoms with van der Waals surface area (Å²) in [4.78, 5) is 0. The average molecular weight is 166 g/mol. The molecule has 0 bridgehead atoms. The van der Waals surface area contributed by atoms with Crippen LogP contribution in [0.2, 0.25) is 0 Å². The second-order valence-electron chi connectivity index (χ2n) is 3.31. The number of ether oxygens (including phenoxy) is 1. The van der Waals surface area contributed by atoms with Gasteiger partial charge in [-0.05, 0) is 18.6 Å². The van der Waals surface area contributed by atoms with Gasteiger partial charge in [-0.1, -0.05) is 18.2 Å². The minimum atomic E-state index is -1.11. The fourth-order valence-corrected chi connectivity index (χ4v) is 0.940. The number of hydrogen-bond acceptors (Lipinski definition) is 2. The lowest BCUT2D eigenvalue weighted by molar-refractivity contribution is -0.105. The predicted octanol–water partition coefficient (Wildman–Crippen LogP) is 2.10. The molecular weight excluding hydrogens is 152 g/mol. The van der Waals surface area contributed by atoms with E-state index in [1.165, 1.54) is 0 Å². The lowest BCUT2D eigenvalue weighted by Gasteiger charge is -2.20. The Hall–Kier alpha value is -1.02. The van der Waals surface area contributed by atoms with Crippen molar-refractivity contribution in [1.29, 1.82) is 0 Å². The monoisotopic (exact) mass is 166 g/mol. The summed E-state index contributed by atoms with van der Waals surface area (Å²) in [5.74, 6) is -0.378. The van der Waals surface area contributed by atoms with E-state index in [-0.39, 0.29) is 0 Å². The number of benzene rings is 1. The van der Waals surface area contributed by atoms with Crippen LogP contribution in [0.3, 0.4) is 0 Å². The summed E-state index contributed by atoms with van der Waals surface area (Å²) in [5.41, 5.74) is 1.03. The van der Waals surface area contributed by atoms with Crippen molar-refractivity contribution in [2.24, 2.45) is 0 Å². The summed E-state index contributed by atoms with van der Waals surface area (Å²) >= 11 is 0. The SMILES string of the molecule is Cc1ccccc1OC(C)(C)O. The average Bonchev–Trinajstić information content (AvgIpc) is 1.91. The van der Waals surface area contributed by atoms with Gasteiger partial charge in [-0.2, -0.15) is 0 Å². The van der Waals surface area contributed by atoms with Gasteiger partial charge in [0.15, 0.2) is 0 Å². The number of hydrogen-bond donors (Lipinski definition) is 1. The van der Waals surface area contributed by atoms with Gasteiger partial charge in [0.2, 0.25) is 5.79 Å². The van der Waals surface area contributed by atoms with Gasteiger partial charge in [0.1, 0.15) is 5.75 Å². The van der Waals surface area contributed by atoms with E-state index in [9.17, 15) is 5.11 Å². The fourth-order valence-electron chi connectivity index (χ4n) is 0.940. The topological polar surface area (TPSA) is 29.5 Å². The first-order chi connectivity index (χ1) is 5.49. The molecule has 0 radical (unpaired) electrons. The van der Waals surface area contributed by atoms with Gasteiger partial charge in [-0.25, -0.2) is 0 Å². The molecule has 2 nitrogen and oxygen atoms in total. The molecule has 0 aromatic heterocycles. The van der Waals surface area contributed by atoms with E-state index < -0.39 is 5.79 Å². The van der Waals surface area contributed by atoms with E-state index in [1.54, 1.807) is 13.8 Å². The summed E-state index contributed by atoms with van der Waals surface area (Å²) < 4.78 is 5.29. The van der Waals surface area contributed by atoms with Crippen molar-refractivity contribution in [3.05, 3.63) is 29.8 Å². The Balaban J connectivity index is 2.83. The molecule has 0 aliphatic carbocycles. The highest BCUT2D eigenvalue weighted by atomic mass is 16.6. The summed E-state index contributed by atoms with van der Waals surface area (Å²) in [5, 5.41) is 9.37. The molecule has 0 heterocycles. The van der Waals surface area contributed by atoms with Gasteiger partial charge >= 0.3 is 0 Å². The normalized spacial score (nSPS) is 11.3. The van der Waals surface area contributed by atoms with Gasteiger partial charge in [-0.15, -0.1) is 0 Å². The van der Waals surface area contributed by atoms with Gasteiger partial charge in [-0.3, -0.25) is 0 Å². The Bertz CT molecular complexity index is 261. The molecular formula is C10H14O2. The maximum absolute atomic E-state index is 9.37. The first-order valence-corrected chi connectivity index (χ1v) is 3.96. The van der Waals surface area contributed by atoms with E-state index in [4.69, 9.17) is 4.74 Å². The van der Waals surface area contributed by atoms with Crippen molar-refractivity contribution in [1.82, 2.24) is 0 Å². The molecule has 0 atom stereocenters. The Morgan fingerprint density at radius 2 is 1.83 bits per heavy atom. The number of para-hydroxylation sites is 1. The largest absolute Gasteiger partial charge is 0.463 e. The zero-order valence-electron chi connectivity index (χ0n) is 7.66. The van der Waals surface area contributed by atoms with Gasteiger partial charge < -0.3 is 9.84 Å². The van der Waals surface area contributed by atoms with E-state index in [0.717, 1.165) is 11.3 Å². The van der Waals surface area contributed by atoms with Gasteiger partial charge in [0.25, 0.3) is 0 Å². The molecule has 0 spiro atoms. The third kappa shape index (κ3) is 2.55. The van der Waals surface area contributed by atoms with Crippen LogP contribution in [0.1, 0.15) is 19.4 Å². The molecule has 0 aliphatic rings. The van der Waals surface area contributed by atoms with Crippen molar-refractivity contribution < 1.29 is 9.84 Å². The van der Waals surface area contributed by atoms with E-state index in [0.29, 0.717) is 0 Å². The van der Waals surface area contributed by atoms with Crippen LogP contribution in [0.15, 0.2) is 24.3 Å². The maximum Gasteiger partial charge on any atom is 0.202 e. The van der Waals surface area contributed by atoms with Crippen molar-refractivity contribution in [3.8, 4) is 5.75 Å². The Morgan fingerprint density at radius 1 is 1.25 bits per heavy atom. The van der Waals surface area contributed by atoms with E-state index in [1.807, 2.05) is 31.2 Å². The minimum Gasteiger partial charge on any atom is -0.463 e. The summed E-state index contributed by atoms with van der Waals surface area (Å²) in [6, 6.07) is 7.61. The van der Waals surface area contributed by atoms with Gasteiger partial charge in [0, 0.05) is 13.8 Å². The van der Waals surface area contributed by atoms with Crippen molar-refractivity contribution >= 4 is 0 Å². The lowest BCUT2D eigenvalue weighted by atomic mass is 10.2. The lowest BCUT2D eigenvalue weighted by Crippen LogP contribution is -2.27. The molecule has 1 aromatic carbocycles. The molecule has 1 rings (SSSR count). The Kier molecular flexibility index (Phi) is 2.38. The quantitative estimate of drug-likeness (QED) is 0.682. The standard InChI is InChI=1S/C10H14O2/c1-8-6-4-5-7-9(8)12-10(2,3)11/h4-7,11H,1-3H3. The molecule has 0 saturated carbocycles. The Labute approximate surface area is 72.8 Å². The molecule has 66 valence electrons. The number of rotatable bonds is 2. The van der Waals surface area contributed by atoms with Crippen LogP contribution in [0.5, 0.6) is 5.75 Å². The molecule has 0 aliphatic heterocycles. The maximum atomic E-state index is 9.37. The van der Waals surface area contributed by atoms with Crippen molar-refractivity contribution in [2.45, 2.75) is 26.6 Å². The molecule has 0 fully saturated rings. The summed E-state index contributed by atoms with van der Waals surface area (Å²) in [6.07, 6.45) is 0. The first-order valence-electron chi connectivity index (χ1n) is 3.96. The highest BCUT2D eigenvalue weighted by molar-refractivity contribution is 5.31.